The number of H-pyrrole nitrogens is 1. The molecule has 0 spiro atoms. The highest BCUT2D eigenvalue weighted by atomic mass is 16.3. The Morgan fingerprint density at radius 3 is 3.06 bits per heavy atom. The lowest BCUT2D eigenvalue weighted by atomic mass is 9.75. The predicted octanol–water partition coefficient (Wildman–Crippen LogP) is 2.14. The van der Waals surface area contributed by atoms with E-state index in [1.165, 1.54) is 16.8 Å². The Labute approximate surface area is 106 Å². The van der Waals surface area contributed by atoms with Gasteiger partial charge in [-0.2, -0.15) is 0 Å². The Morgan fingerprint density at radius 2 is 2.22 bits per heavy atom. The van der Waals surface area contributed by atoms with Crippen LogP contribution < -0.4 is 0 Å². The summed E-state index contributed by atoms with van der Waals surface area (Å²) in [7, 11) is 0. The smallest absolute Gasteiger partial charge is 0.0921 e. The molecule has 92 valence electrons. The van der Waals surface area contributed by atoms with E-state index in [1.54, 1.807) is 6.33 Å². The predicted molar refractivity (Wildman–Crippen MR) is 68.4 cm³/mol. The van der Waals surface area contributed by atoms with Crippen LogP contribution in [0.25, 0.3) is 0 Å². The molecule has 18 heavy (non-hydrogen) atoms. The van der Waals surface area contributed by atoms with Gasteiger partial charge in [0.2, 0.25) is 0 Å². The van der Waals surface area contributed by atoms with Crippen LogP contribution in [0, 0.1) is 0 Å². The summed E-state index contributed by atoms with van der Waals surface area (Å²) in [5.41, 5.74) is 3.94. The highest BCUT2D eigenvalue weighted by Crippen LogP contribution is 2.57. The maximum atomic E-state index is 10.4. The Balaban J connectivity index is 1.91. The van der Waals surface area contributed by atoms with E-state index in [4.69, 9.17) is 0 Å². The molecule has 0 bridgehead atoms. The Bertz CT molecular complexity index is 578. The maximum Gasteiger partial charge on any atom is 0.0921 e. The maximum absolute atomic E-state index is 10.4. The van der Waals surface area contributed by atoms with E-state index in [0.717, 1.165) is 19.3 Å². The van der Waals surface area contributed by atoms with Gasteiger partial charge in [-0.25, -0.2) is 4.98 Å². The molecule has 0 amide bonds. The van der Waals surface area contributed by atoms with Crippen molar-refractivity contribution in [2.24, 2.45) is 0 Å². The molecule has 1 aromatic heterocycles. The third-order valence-electron chi connectivity index (χ3n) is 4.80. The molecule has 0 saturated heterocycles. The van der Waals surface area contributed by atoms with Gasteiger partial charge in [0, 0.05) is 23.2 Å². The van der Waals surface area contributed by atoms with Gasteiger partial charge in [-0.05, 0) is 30.4 Å². The number of nitrogens with one attached hydrogen (secondary N) is 1. The number of aliphatic hydroxyl groups is 1. The first kappa shape index (κ1) is 10.3. The molecule has 3 unspecified atom stereocenters. The molecule has 4 rings (SSSR count). The van der Waals surface area contributed by atoms with Crippen molar-refractivity contribution in [2.75, 3.05) is 0 Å². The van der Waals surface area contributed by atoms with E-state index in [9.17, 15) is 5.11 Å². The third-order valence-corrected chi connectivity index (χ3v) is 4.80. The molecule has 3 nitrogen and oxygen atoms in total. The van der Waals surface area contributed by atoms with Crippen LogP contribution in [0.3, 0.4) is 0 Å². The van der Waals surface area contributed by atoms with E-state index in [1.807, 2.05) is 6.20 Å². The average Bonchev–Trinajstić information content (AvgIpc) is 3.05. The summed E-state index contributed by atoms with van der Waals surface area (Å²) >= 11 is 0. The van der Waals surface area contributed by atoms with Gasteiger partial charge in [-0.15, -0.1) is 0 Å². The standard InChI is InChI=1S/C15H16N2O/c18-12-5-6-15(13-8-16-9-17-13)7-10-3-1-2-4-11(10)14(12)15/h1-4,8-9,12,14,18H,5-7H2,(H,16,17). The summed E-state index contributed by atoms with van der Waals surface area (Å²) in [6, 6.07) is 8.53. The lowest BCUT2D eigenvalue weighted by molar-refractivity contribution is 0.152. The van der Waals surface area contributed by atoms with Crippen molar-refractivity contribution in [3.8, 4) is 0 Å². The topological polar surface area (TPSA) is 48.9 Å². The van der Waals surface area contributed by atoms with E-state index in [2.05, 4.69) is 34.2 Å². The number of rotatable bonds is 1. The van der Waals surface area contributed by atoms with Gasteiger partial charge < -0.3 is 10.1 Å². The Morgan fingerprint density at radius 1 is 1.33 bits per heavy atom. The number of aliphatic hydroxyl groups excluding tert-OH is 1. The fourth-order valence-electron chi connectivity index (χ4n) is 4.06. The highest BCUT2D eigenvalue weighted by Gasteiger charge is 2.54. The van der Waals surface area contributed by atoms with Gasteiger partial charge in [0.05, 0.1) is 12.4 Å². The molecule has 0 aliphatic heterocycles. The zero-order chi connectivity index (χ0) is 12.2. The van der Waals surface area contributed by atoms with Gasteiger partial charge in [0.15, 0.2) is 0 Å². The van der Waals surface area contributed by atoms with Crippen LogP contribution in [0.1, 0.15) is 35.6 Å². The second-order valence-corrected chi connectivity index (χ2v) is 5.58. The summed E-state index contributed by atoms with van der Waals surface area (Å²) in [6.07, 6.45) is 6.39. The summed E-state index contributed by atoms with van der Waals surface area (Å²) < 4.78 is 0. The molecule has 2 aliphatic carbocycles. The van der Waals surface area contributed by atoms with Crippen molar-refractivity contribution < 1.29 is 5.11 Å². The number of fused-ring (bicyclic) bond motifs is 3. The SMILES string of the molecule is OC1CCC2(c3cnc[nH]3)Cc3ccccc3C12. The summed E-state index contributed by atoms with van der Waals surface area (Å²) in [5, 5.41) is 10.4. The minimum atomic E-state index is -0.225. The van der Waals surface area contributed by atoms with Crippen LogP contribution in [-0.2, 0) is 11.8 Å². The second kappa shape index (κ2) is 3.45. The van der Waals surface area contributed by atoms with Gasteiger partial charge >= 0.3 is 0 Å². The number of hydrogen-bond donors (Lipinski definition) is 2. The quantitative estimate of drug-likeness (QED) is 0.802. The first-order valence-electron chi connectivity index (χ1n) is 6.56. The van der Waals surface area contributed by atoms with Crippen LogP contribution in [0.5, 0.6) is 0 Å². The summed E-state index contributed by atoms with van der Waals surface area (Å²) in [5.74, 6) is 0.231. The summed E-state index contributed by atoms with van der Waals surface area (Å²) in [4.78, 5) is 7.45. The van der Waals surface area contributed by atoms with Crippen LogP contribution in [0.4, 0.5) is 0 Å². The van der Waals surface area contributed by atoms with Crippen molar-refractivity contribution in [3.05, 3.63) is 53.6 Å². The molecular weight excluding hydrogens is 224 g/mol. The molecule has 1 saturated carbocycles. The van der Waals surface area contributed by atoms with Crippen molar-refractivity contribution in [1.82, 2.24) is 9.97 Å². The molecule has 3 heteroatoms. The fourth-order valence-corrected chi connectivity index (χ4v) is 4.06. The largest absolute Gasteiger partial charge is 0.392 e. The lowest BCUT2D eigenvalue weighted by Gasteiger charge is -2.29. The van der Waals surface area contributed by atoms with Gasteiger partial charge in [0.1, 0.15) is 0 Å². The Hall–Kier alpha value is -1.61. The molecule has 1 heterocycles. The summed E-state index contributed by atoms with van der Waals surface area (Å²) in [6.45, 7) is 0. The minimum absolute atomic E-state index is 0.0413. The van der Waals surface area contributed by atoms with E-state index in [-0.39, 0.29) is 17.4 Å². The molecule has 3 atom stereocenters. The number of aromatic nitrogens is 2. The Kier molecular flexibility index (Phi) is 1.98. The molecular formula is C15H16N2O. The molecule has 2 aliphatic rings. The third kappa shape index (κ3) is 1.15. The minimum Gasteiger partial charge on any atom is -0.392 e. The van der Waals surface area contributed by atoms with Gasteiger partial charge in [-0.1, -0.05) is 24.3 Å². The molecule has 2 N–H and O–H groups in total. The lowest BCUT2D eigenvalue weighted by Crippen LogP contribution is -2.30. The first-order chi connectivity index (χ1) is 8.81. The molecule has 1 fully saturated rings. The van der Waals surface area contributed by atoms with E-state index >= 15 is 0 Å². The van der Waals surface area contributed by atoms with Crippen LogP contribution in [-0.4, -0.2) is 21.2 Å². The van der Waals surface area contributed by atoms with Crippen LogP contribution in [0.2, 0.25) is 0 Å². The monoisotopic (exact) mass is 240 g/mol. The number of nitrogens with zero attached hydrogens (tertiary/aromatic N) is 1. The van der Waals surface area contributed by atoms with Crippen molar-refractivity contribution >= 4 is 0 Å². The van der Waals surface area contributed by atoms with Crippen molar-refractivity contribution in [3.63, 3.8) is 0 Å². The van der Waals surface area contributed by atoms with E-state index < -0.39 is 0 Å². The number of imidazole rings is 1. The zero-order valence-corrected chi connectivity index (χ0v) is 10.1. The van der Waals surface area contributed by atoms with Crippen LogP contribution in [0.15, 0.2) is 36.8 Å². The number of benzene rings is 1. The fraction of sp³-hybridized carbons (Fsp3) is 0.400. The molecule has 0 radical (unpaired) electrons. The van der Waals surface area contributed by atoms with Gasteiger partial charge in [-0.3, -0.25) is 0 Å². The normalized spacial score (nSPS) is 33.4. The van der Waals surface area contributed by atoms with E-state index in [0.29, 0.717) is 0 Å². The first-order valence-corrected chi connectivity index (χ1v) is 6.56. The van der Waals surface area contributed by atoms with Crippen LogP contribution >= 0.6 is 0 Å². The average molecular weight is 240 g/mol. The van der Waals surface area contributed by atoms with Crippen molar-refractivity contribution in [1.29, 1.82) is 0 Å². The van der Waals surface area contributed by atoms with Crippen molar-refractivity contribution in [2.45, 2.75) is 36.7 Å². The second-order valence-electron chi connectivity index (χ2n) is 5.58. The molecule has 1 aromatic carbocycles. The molecule has 2 aromatic rings. The van der Waals surface area contributed by atoms with Gasteiger partial charge in [0.25, 0.3) is 0 Å². The highest BCUT2D eigenvalue weighted by molar-refractivity contribution is 5.46. The zero-order valence-electron chi connectivity index (χ0n) is 10.1. The number of aromatic amines is 1. The number of hydrogen-bond acceptors (Lipinski definition) is 2.